The fraction of sp³-hybridized carbons (Fsp3) is 0.217. The van der Waals surface area contributed by atoms with E-state index in [1.807, 2.05) is 0 Å². The van der Waals surface area contributed by atoms with Crippen molar-refractivity contribution in [2.24, 2.45) is 0 Å². The Morgan fingerprint density at radius 1 is 0.354 bits per heavy atom. The Morgan fingerprint density at radius 3 is 1.46 bits per heavy atom. The zero-order valence-electron chi connectivity index (χ0n) is 58.2. The van der Waals surface area contributed by atoms with Crippen LogP contribution in [0.5, 0.6) is 0 Å². The molecule has 2 aliphatic carbocycles. The highest BCUT2D eigenvalue weighted by molar-refractivity contribution is 6.93. The Morgan fingerprint density at radius 2 is 0.875 bits per heavy atom. The Bertz CT molecular complexity index is 4940. The number of benzene rings is 12. The molecule has 0 atom stereocenters. The molecule has 4 aliphatic rings. The summed E-state index contributed by atoms with van der Waals surface area (Å²) in [5.41, 5.74) is 35.8. The minimum absolute atomic E-state index is 0.0202. The molecule has 16 rings (SSSR count). The topological polar surface area (TPSA) is 9.72 Å². The van der Waals surface area contributed by atoms with Crippen LogP contribution in [-0.2, 0) is 27.1 Å². The summed E-state index contributed by atoms with van der Waals surface area (Å²) < 4.78 is 0. The number of hydrogen-bond donors (Lipinski definition) is 0. The Kier molecular flexibility index (Phi) is 14.2. The van der Waals surface area contributed by atoms with Gasteiger partial charge in [0.1, 0.15) is 0 Å². The first kappa shape index (κ1) is 61.0. The van der Waals surface area contributed by atoms with Crippen LogP contribution in [0.4, 0.5) is 45.5 Å². The molecule has 0 unspecified atom stereocenters. The van der Waals surface area contributed by atoms with Gasteiger partial charge in [0, 0.05) is 56.4 Å². The molecular formula is C92H86BN3. The van der Waals surface area contributed by atoms with Crippen molar-refractivity contribution in [3.8, 4) is 66.8 Å². The molecule has 4 heteroatoms. The van der Waals surface area contributed by atoms with E-state index in [4.69, 9.17) is 0 Å². The minimum atomic E-state index is -0.264. The third-order valence-electron chi connectivity index (χ3n) is 22.2. The van der Waals surface area contributed by atoms with Crippen LogP contribution in [0.1, 0.15) is 135 Å². The van der Waals surface area contributed by atoms with E-state index in [-0.39, 0.29) is 33.9 Å². The summed E-state index contributed by atoms with van der Waals surface area (Å²) in [6, 6.07) is 99.9. The molecule has 0 saturated heterocycles. The molecule has 0 fully saturated rings. The van der Waals surface area contributed by atoms with Gasteiger partial charge in [-0.05, 0) is 232 Å². The van der Waals surface area contributed by atoms with Gasteiger partial charge in [-0.15, -0.1) is 0 Å². The molecular weight excluding hydrogens is 1160 g/mol. The van der Waals surface area contributed by atoms with E-state index in [0.717, 1.165) is 34.9 Å². The zero-order chi connectivity index (χ0) is 66.4. The van der Waals surface area contributed by atoms with Gasteiger partial charge < -0.3 is 14.6 Å². The summed E-state index contributed by atoms with van der Waals surface area (Å²) in [6.45, 7) is 31.0. The van der Waals surface area contributed by atoms with E-state index >= 15 is 0 Å². The highest BCUT2D eigenvalue weighted by Crippen LogP contribution is 2.61. The van der Waals surface area contributed by atoms with Crippen LogP contribution < -0.4 is 25.5 Å². The predicted octanol–water partition coefficient (Wildman–Crippen LogP) is 24.1. The third-order valence-corrected chi connectivity index (χ3v) is 22.2. The molecule has 0 spiro atoms. The lowest BCUT2D eigenvalue weighted by molar-refractivity contribution is 0.331. The van der Waals surface area contributed by atoms with Crippen molar-refractivity contribution in [2.75, 3.05) is 14.6 Å². The van der Waals surface area contributed by atoms with E-state index in [2.05, 4.69) is 365 Å². The molecule has 472 valence electrons. The van der Waals surface area contributed by atoms with Crippen molar-refractivity contribution in [1.82, 2.24) is 0 Å². The first-order valence-corrected chi connectivity index (χ1v) is 34.8. The van der Waals surface area contributed by atoms with Crippen molar-refractivity contribution in [2.45, 2.75) is 130 Å². The number of fused-ring (bicyclic) bond motifs is 9. The number of aryl methyl sites for hydroxylation is 1. The first-order chi connectivity index (χ1) is 46.0. The lowest BCUT2D eigenvalue weighted by Gasteiger charge is -2.47. The van der Waals surface area contributed by atoms with Gasteiger partial charge in [0.05, 0.1) is 5.69 Å². The van der Waals surface area contributed by atoms with Gasteiger partial charge in [0.15, 0.2) is 0 Å². The highest BCUT2D eigenvalue weighted by Gasteiger charge is 2.50. The molecule has 0 radical (unpaired) electrons. The van der Waals surface area contributed by atoms with Crippen molar-refractivity contribution >= 4 is 63.3 Å². The van der Waals surface area contributed by atoms with Crippen molar-refractivity contribution in [3.05, 3.63) is 300 Å². The molecule has 0 amide bonds. The second-order valence-electron chi connectivity index (χ2n) is 31.6. The van der Waals surface area contributed by atoms with Crippen LogP contribution in [0.3, 0.4) is 0 Å². The lowest BCUT2D eigenvalue weighted by atomic mass is 9.43. The van der Waals surface area contributed by atoms with Gasteiger partial charge >= 0.3 is 6.85 Å². The maximum absolute atomic E-state index is 2.75. The van der Waals surface area contributed by atoms with Crippen molar-refractivity contribution < 1.29 is 0 Å². The monoisotopic (exact) mass is 1240 g/mol. The smallest absolute Gasteiger partial charge is 0.333 e. The molecule has 0 bridgehead atoms. The number of rotatable bonds is 9. The lowest BCUT2D eigenvalue weighted by Crippen LogP contribution is -2.61. The van der Waals surface area contributed by atoms with Gasteiger partial charge in [0.25, 0.3) is 0 Å². The Hall–Kier alpha value is -9.90. The molecule has 0 N–H and O–H groups in total. The summed E-state index contributed by atoms with van der Waals surface area (Å²) in [6.07, 6.45) is 2.32. The molecule has 96 heavy (non-hydrogen) atoms. The van der Waals surface area contributed by atoms with Crippen LogP contribution in [-0.4, -0.2) is 6.85 Å². The van der Waals surface area contributed by atoms with Crippen molar-refractivity contribution in [1.29, 1.82) is 0 Å². The van der Waals surface area contributed by atoms with E-state index in [1.54, 1.807) is 0 Å². The predicted molar refractivity (Wildman–Crippen MR) is 412 cm³/mol. The summed E-state index contributed by atoms with van der Waals surface area (Å²) in [4.78, 5) is 7.90. The SMILES string of the molecule is Cc1ccccc1-c1cc2c3c(c1)N(c1ccc(C(C)(C)C)cc1-c1ccccc1)c1cc(N(c4ccc(-c5ccccc5)cc4)c4ccc(-c5ccccc5)cc4)ccc1B3N(c1ccc(C(C)(C)C)cc1)c1ccc3c(c1-2)-c1cc2c(cc1C3(C)C)C(C)(C)CCC2(C)C. The second-order valence-corrected chi connectivity index (χ2v) is 31.6. The third kappa shape index (κ3) is 9.99. The van der Waals surface area contributed by atoms with Gasteiger partial charge in [0.2, 0.25) is 0 Å². The molecule has 12 aromatic carbocycles. The fourth-order valence-corrected chi connectivity index (χ4v) is 16.5. The van der Waals surface area contributed by atoms with Gasteiger partial charge in [-0.3, -0.25) is 0 Å². The number of nitrogens with zero attached hydrogens (tertiary/aromatic N) is 3. The second kappa shape index (κ2) is 22.4. The fourth-order valence-electron chi connectivity index (χ4n) is 16.5. The minimum Gasteiger partial charge on any atom is -0.376 e. The standard InChI is InChI=1S/C92H86BN3/c1-59-25-23-24-32-72(59)65-53-75-86-82(50-47-76-85(86)74-57-78-79(58-77(74)92(76,12)13)91(10,11)52-51-90(78,8)9)96(70-44-37-66(38-45-70)88(2,3)4)93-80-48-46-71(56-83(80)95(84(54-65)87(75)93)81-49-39-67(89(5,6)7)55-73(81)64-30-21-16-22-31-64)94(68-40-33-62(34-41-68)60-26-17-14-18-27-60)69-42-35-63(36-43-69)61-28-19-15-20-29-61/h14-50,53-58H,51-52H2,1-13H3. The molecule has 2 aliphatic heterocycles. The largest absolute Gasteiger partial charge is 0.376 e. The van der Waals surface area contributed by atoms with Crippen LogP contribution in [0, 0.1) is 6.92 Å². The van der Waals surface area contributed by atoms with Crippen LogP contribution in [0.25, 0.3) is 66.8 Å². The van der Waals surface area contributed by atoms with Gasteiger partial charge in [-0.2, -0.15) is 0 Å². The summed E-state index contributed by atoms with van der Waals surface area (Å²) in [7, 11) is 0. The summed E-state index contributed by atoms with van der Waals surface area (Å²) in [5.74, 6) is 0. The molecule has 0 saturated carbocycles. The van der Waals surface area contributed by atoms with Crippen molar-refractivity contribution in [3.63, 3.8) is 0 Å². The average molecular weight is 1240 g/mol. The van der Waals surface area contributed by atoms with E-state index < -0.39 is 0 Å². The normalized spacial score (nSPS) is 15.2. The molecule has 12 aromatic rings. The zero-order valence-corrected chi connectivity index (χ0v) is 58.2. The van der Waals surface area contributed by atoms with Crippen LogP contribution >= 0.6 is 0 Å². The molecule has 0 aromatic heterocycles. The van der Waals surface area contributed by atoms with Crippen LogP contribution in [0.15, 0.2) is 261 Å². The van der Waals surface area contributed by atoms with Gasteiger partial charge in [-0.1, -0.05) is 259 Å². The van der Waals surface area contributed by atoms with Crippen LogP contribution in [0.2, 0.25) is 0 Å². The number of anilines is 8. The number of hydrogen-bond acceptors (Lipinski definition) is 3. The van der Waals surface area contributed by atoms with E-state index in [0.29, 0.717) is 0 Å². The molecule has 2 heterocycles. The van der Waals surface area contributed by atoms with Gasteiger partial charge in [-0.25, -0.2) is 0 Å². The maximum atomic E-state index is 2.75. The van der Waals surface area contributed by atoms with E-state index in [9.17, 15) is 0 Å². The quantitative estimate of drug-likeness (QED) is 0.133. The van der Waals surface area contributed by atoms with E-state index in [1.165, 1.54) is 140 Å². The Balaban J connectivity index is 1.03. The molecule has 3 nitrogen and oxygen atoms in total. The first-order valence-electron chi connectivity index (χ1n) is 34.8. The summed E-state index contributed by atoms with van der Waals surface area (Å²) in [5, 5.41) is 0. The maximum Gasteiger partial charge on any atom is 0.333 e. The highest BCUT2D eigenvalue weighted by atomic mass is 15.2. The summed E-state index contributed by atoms with van der Waals surface area (Å²) >= 11 is 0. The Labute approximate surface area is 570 Å². The average Bonchev–Trinajstić information content (AvgIpc) is 1.33.